The third-order valence-corrected chi connectivity index (χ3v) is 5.66. The molecule has 4 nitrogen and oxygen atoms in total. The van der Waals surface area contributed by atoms with Crippen molar-refractivity contribution in [3.63, 3.8) is 0 Å². The van der Waals surface area contributed by atoms with Crippen molar-refractivity contribution in [1.82, 2.24) is 9.71 Å². The molecule has 0 spiro atoms. The molecular weight excluding hydrogens is 292 g/mol. The lowest BCUT2D eigenvalue weighted by molar-refractivity contribution is 0.489. The summed E-state index contributed by atoms with van der Waals surface area (Å²) in [7, 11) is -3.47. The molecule has 0 aliphatic carbocycles. The minimum Gasteiger partial charge on any atom is -0.232 e. The van der Waals surface area contributed by atoms with E-state index in [0.29, 0.717) is 5.92 Å². The molecule has 0 radical (unpaired) electrons. The van der Waals surface area contributed by atoms with Crippen LogP contribution in [-0.2, 0) is 10.0 Å². The van der Waals surface area contributed by atoms with Gasteiger partial charge in [0, 0.05) is 6.04 Å². The molecule has 7 heteroatoms. The molecule has 1 heterocycles. The molecule has 0 saturated carbocycles. The first kappa shape index (κ1) is 15.9. The summed E-state index contributed by atoms with van der Waals surface area (Å²) in [5, 5.41) is 0. The first-order chi connectivity index (χ1) is 8.31. The Morgan fingerprint density at radius 1 is 1.39 bits per heavy atom. The van der Waals surface area contributed by atoms with E-state index < -0.39 is 10.0 Å². The Balaban J connectivity index is 2.50. The molecule has 0 aromatic carbocycles. The van der Waals surface area contributed by atoms with Gasteiger partial charge in [-0.25, -0.2) is 18.1 Å². The summed E-state index contributed by atoms with van der Waals surface area (Å²) in [6, 6.07) is -0.0744. The van der Waals surface area contributed by atoms with Crippen molar-refractivity contribution < 1.29 is 8.42 Å². The highest BCUT2D eigenvalue weighted by Gasteiger charge is 2.19. The molecule has 0 fully saturated rings. The Bertz CT molecular complexity index is 471. The maximum absolute atomic E-state index is 12.0. The van der Waals surface area contributed by atoms with Crippen molar-refractivity contribution in [2.24, 2.45) is 5.92 Å². The maximum Gasteiger partial charge on any atom is 0.251 e. The lowest BCUT2D eigenvalue weighted by Crippen LogP contribution is -2.32. The van der Waals surface area contributed by atoms with Crippen LogP contribution in [0.5, 0.6) is 0 Å². The van der Waals surface area contributed by atoms with Crippen LogP contribution in [0.2, 0.25) is 4.47 Å². The van der Waals surface area contributed by atoms with Gasteiger partial charge in [0.05, 0.1) is 6.20 Å². The molecule has 1 atom stereocenters. The van der Waals surface area contributed by atoms with E-state index in [1.807, 2.05) is 6.92 Å². The first-order valence-corrected chi connectivity index (χ1v) is 8.62. The SMILES string of the molecule is CC(C)CCCC(C)NS(=O)(=O)c1cnc(Cl)s1. The molecular formula is C11H19ClN2O2S2. The molecule has 1 rings (SSSR count). The summed E-state index contributed by atoms with van der Waals surface area (Å²) < 4.78 is 27.0. The topological polar surface area (TPSA) is 59.1 Å². The van der Waals surface area contributed by atoms with Gasteiger partial charge in [-0.15, -0.1) is 0 Å². The first-order valence-electron chi connectivity index (χ1n) is 5.95. The van der Waals surface area contributed by atoms with E-state index >= 15 is 0 Å². The fourth-order valence-corrected chi connectivity index (χ4v) is 4.16. The Morgan fingerprint density at radius 2 is 2.06 bits per heavy atom. The van der Waals surface area contributed by atoms with E-state index in [1.165, 1.54) is 6.20 Å². The highest BCUT2D eigenvalue weighted by molar-refractivity contribution is 7.91. The van der Waals surface area contributed by atoms with Gasteiger partial charge < -0.3 is 0 Å². The van der Waals surface area contributed by atoms with E-state index in [1.54, 1.807) is 0 Å². The Labute approximate surface area is 118 Å². The van der Waals surface area contributed by atoms with Crippen LogP contribution in [0.15, 0.2) is 10.4 Å². The average Bonchev–Trinajstić information content (AvgIpc) is 2.64. The number of hydrogen-bond donors (Lipinski definition) is 1. The third-order valence-electron chi connectivity index (χ3n) is 2.50. The van der Waals surface area contributed by atoms with Crippen LogP contribution < -0.4 is 4.72 Å². The highest BCUT2D eigenvalue weighted by Crippen LogP contribution is 2.22. The normalized spacial score (nSPS) is 14.1. The summed E-state index contributed by atoms with van der Waals surface area (Å²) in [4.78, 5) is 3.74. The molecule has 0 amide bonds. The van der Waals surface area contributed by atoms with E-state index in [0.717, 1.165) is 30.6 Å². The summed E-state index contributed by atoms with van der Waals surface area (Å²) in [6.07, 6.45) is 4.25. The number of nitrogens with zero attached hydrogens (tertiary/aromatic N) is 1. The quantitative estimate of drug-likeness (QED) is 0.840. The van der Waals surface area contributed by atoms with Gasteiger partial charge in [0.2, 0.25) is 0 Å². The minimum absolute atomic E-state index is 0.0744. The second-order valence-electron chi connectivity index (χ2n) is 4.78. The zero-order chi connectivity index (χ0) is 13.8. The second-order valence-corrected chi connectivity index (χ2v) is 8.33. The van der Waals surface area contributed by atoms with Crippen molar-refractivity contribution >= 4 is 33.0 Å². The fraction of sp³-hybridized carbons (Fsp3) is 0.727. The molecule has 104 valence electrons. The van der Waals surface area contributed by atoms with Gasteiger partial charge in [-0.2, -0.15) is 0 Å². The molecule has 1 unspecified atom stereocenters. The van der Waals surface area contributed by atoms with E-state index in [-0.39, 0.29) is 14.7 Å². The number of hydrogen-bond acceptors (Lipinski definition) is 4. The van der Waals surface area contributed by atoms with Gasteiger partial charge in [0.25, 0.3) is 10.0 Å². The van der Waals surface area contributed by atoms with Gasteiger partial charge in [-0.3, -0.25) is 0 Å². The summed E-state index contributed by atoms with van der Waals surface area (Å²) in [5.41, 5.74) is 0. The third kappa shape index (κ3) is 5.22. The molecule has 18 heavy (non-hydrogen) atoms. The van der Waals surface area contributed by atoms with Crippen molar-refractivity contribution in [3.8, 4) is 0 Å². The van der Waals surface area contributed by atoms with E-state index in [9.17, 15) is 8.42 Å². The number of rotatable bonds is 7. The van der Waals surface area contributed by atoms with Crippen LogP contribution in [0.1, 0.15) is 40.0 Å². The summed E-state index contributed by atoms with van der Waals surface area (Å²) in [6.45, 7) is 6.20. The largest absolute Gasteiger partial charge is 0.251 e. The molecule has 0 aliphatic rings. The highest BCUT2D eigenvalue weighted by atomic mass is 35.5. The van der Waals surface area contributed by atoms with Gasteiger partial charge in [0.15, 0.2) is 8.68 Å². The monoisotopic (exact) mass is 310 g/mol. The predicted octanol–water partition coefficient (Wildman–Crippen LogP) is 3.29. The summed E-state index contributed by atoms with van der Waals surface area (Å²) in [5.74, 6) is 0.647. The number of aromatic nitrogens is 1. The van der Waals surface area contributed by atoms with Crippen LogP contribution in [0.3, 0.4) is 0 Å². The number of sulfonamides is 1. The molecule has 1 N–H and O–H groups in total. The Kier molecular flexibility index (Phi) is 6.04. The van der Waals surface area contributed by atoms with Crippen LogP contribution in [0.25, 0.3) is 0 Å². The number of halogens is 1. The maximum atomic E-state index is 12.0. The Morgan fingerprint density at radius 3 is 2.56 bits per heavy atom. The lowest BCUT2D eigenvalue weighted by Gasteiger charge is -2.13. The lowest BCUT2D eigenvalue weighted by atomic mass is 10.0. The van der Waals surface area contributed by atoms with E-state index in [4.69, 9.17) is 11.6 Å². The number of thiazole rings is 1. The van der Waals surface area contributed by atoms with Gasteiger partial charge in [0.1, 0.15) is 0 Å². The van der Waals surface area contributed by atoms with Crippen LogP contribution in [0, 0.1) is 5.92 Å². The minimum atomic E-state index is -3.47. The number of nitrogens with one attached hydrogen (secondary N) is 1. The van der Waals surface area contributed by atoms with Crippen molar-refractivity contribution in [2.45, 2.75) is 50.3 Å². The van der Waals surface area contributed by atoms with Crippen molar-refractivity contribution in [3.05, 3.63) is 10.7 Å². The molecule has 0 aliphatic heterocycles. The molecule has 0 saturated heterocycles. The van der Waals surface area contributed by atoms with Crippen LogP contribution in [-0.4, -0.2) is 19.4 Å². The average molecular weight is 311 g/mol. The van der Waals surface area contributed by atoms with Crippen LogP contribution in [0.4, 0.5) is 0 Å². The van der Waals surface area contributed by atoms with Crippen molar-refractivity contribution in [1.29, 1.82) is 0 Å². The molecule has 1 aromatic rings. The van der Waals surface area contributed by atoms with Gasteiger partial charge >= 0.3 is 0 Å². The van der Waals surface area contributed by atoms with Gasteiger partial charge in [-0.1, -0.05) is 49.6 Å². The zero-order valence-corrected chi connectivity index (χ0v) is 13.2. The zero-order valence-electron chi connectivity index (χ0n) is 10.8. The molecule has 1 aromatic heterocycles. The molecule has 0 bridgehead atoms. The van der Waals surface area contributed by atoms with Gasteiger partial charge in [-0.05, 0) is 19.3 Å². The summed E-state index contributed by atoms with van der Waals surface area (Å²) >= 11 is 6.61. The predicted molar refractivity (Wildman–Crippen MR) is 75.6 cm³/mol. The van der Waals surface area contributed by atoms with Crippen LogP contribution >= 0.6 is 22.9 Å². The van der Waals surface area contributed by atoms with E-state index in [2.05, 4.69) is 23.6 Å². The second kappa shape index (κ2) is 6.84. The van der Waals surface area contributed by atoms with Crippen molar-refractivity contribution in [2.75, 3.05) is 0 Å². The fourth-order valence-electron chi connectivity index (χ4n) is 1.58. The smallest absolute Gasteiger partial charge is 0.232 e. The Hall–Kier alpha value is -0.170. The standard InChI is InChI=1S/C11H19ClN2O2S2/c1-8(2)5-4-6-9(3)14-18(15,16)10-7-13-11(12)17-10/h7-9,14H,4-6H2,1-3H3.